The van der Waals surface area contributed by atoms with Crippen molar-refractivity contribution in [1.29, 1.82) is 0 Å². The molecule has 1 aliphatic rings. The van der Waals surface area contributed by atoms with Crippen LogP contribution in [0.25, 0.3) is 0 Å². The molecule has 0 saturated carbocycles. The average molecular weight is 385 g/mol. The van der Waals surface area contributed by atoms with Crippen molar-refractivity contribution in [2.24, 2.45) is 0 Å². The number of benzene rings is 1. The second-order valence-electron chi connectivity index (χ2n) is 6.92. The van der Waals surface area contributed by atoms with E-state index in [4.69, 9.17) is 0 Å². The first kappa shape index (κ1) is 20.0. The number of amides is 1. The summed E-state index contributed by atoms with van der Waals surface area (Å²) in [4.78, 5) is 25.9. The summed E-state index contributed by atoms with van der Waals surface area (Å²) in [6, 6.07) is 6.21. The number of aromatic nitrogens is 2. The molecule has 2 heterocycles. The van der Waals surface area contributed by atoms with Crippen molar-refractivity contribution in [1.82, 2.24) is 9.97 Å². The number of carbonyl (C=O) groups is 1. The summed E-state index contributed by atoms with van der Waals surface area (Å²) in [6.07, 6.45) is 4.17. The zero-order valence-corrected chi connectivity index (χ0v) is 16.8. The fraction of sp³-hybridized carbons (Fsp3) is 0.476. The lowest BCUT2D eigenvalue weighted by atomic mass is 10.0. The molecule has 1 aliphatic heterocycles. The summed E-state index contributed by atoms with van der Waals surface area (Å²) in [5.41, 5.74) is 1.11. The zero-order valence-electron chi connectivity index (χ0n) is 16.8. The highest BCUT2D eigenvalue weighted by Crippen LogP contribution is 2.39. The zero-order chi connectivity index (χ0) is 20.1. The summed E-state index contributed by atoms with van der Waals surface area (Å²) in [7, 11) is 0. The molecule has 1 atom stereocenters. The van der Waals surface area contributed by atoms with E-state index < -0.39 is 0 Å². The van der Waals surface area contributed by atoms with Gasteiger partial charge in [0.2, 0.25) is 5.91 Å². The van der Waals surface area contributed by atoms with Gasteiger partial charge >= 0.3 is 0 Å². The van der Waals surface area contributed by atoms with Crippen molar-refractivity contribution in [2.75, 3.05) is 28.2 Å². The number of unbranched alkanes of at least 4 members (excludes halogenated alkanes) is 1. The minimum Gasteiger partial charge on any atom is -0.356 e. The van der Waals surface area contributed by atoms with Crippen LogP contribution in [0.1, 0.15) is 45.6 Å². The van der Waals surface area contributed by atoms with E-state index in [-0.39, 0.29) is 24.3 Å². The first-order chi connectivity index (χ1) is 13.6. The van der Waals surface area contributed by atoms with E-state index in [2.05, 4.69) is 27.1 Å². The largest absolute Gasteiger partial charge is 0.356 e. The third-order valence-corrected chi connectivity index (χ3v) is 5.14. The van der Waals surface area contributed by atoms with Crippen LogP contribution in [0.5, 0.6) is 0 Å². The van der Waals surface area contributed by atoms with Crippen molar-refractivity contribution < 1.29 is 9.18 Å². The maximum atomic E-state index is 14.3. The van der Waals surface area contributed by atoms with Crippen molar-refractivity contribution in [3.05, 3.63) is 42.0 Å². The van der Waals surface area contributed by atoms with E-state index in [1.54, 1.807) is 23.1 Å². The van der Waals surface area contributed by atoms with Gasteiger partial charge in [-0.2, -0.15) is 0 Å². The minimum absolute atomic E-state index is 0.0626. The maximum Gasteiger partial charge on any atom is 0.250 e. The predicted octanol–water partition coefficient (Wildman–Crippen LogP) is 3.98. The van der Waals surface area contributed by atoms with Crippen molar-refractivity contribution in [3.63, 3.8) is 0 Å². The Morgan fingerprint density at radius 3 is 2.61 bits per heavy atom. The molecule has 0 aliphatic carbocycles. The SMILES string of the molecule is CCCC[C@@H]1Nc2ncnc(N(CC)CC)c2N(Cc2ccccc2F)C1=O. The Hall–Kier alpha value is -2.70. The third-order valence-electron chi connectivity index (χ3n) is 5.14. The van der Waals surface area contributed by atoms with Gasteiger partial charge in [-0.3, -0.25) is 9.69 Å². The average Bonchev–Trinajstić information content (AvgIpc) is 2.71. The smallest absolute Gasteiger partial charge is 0.250 e. The maximum absolute atomic E-state index is 14.3. The molecule has 1 aromatic carbocycles. The molecule has 6 nitrogen and oxygen atoms in total. The van der Waals surface area contributed by atoms with Gasteiger partial charge in [-0.15, -0.1) is 0 Å². The van der Waals surface area contributed by atoms with Crippen LogP contribution in [0.4, 0.5) is 21.7 Å². The lowest BCUT2D eigenvalue weighted by Gasteiger charge is -2.37. The second kappa shape index (κ2) is 8.99. The highest BCUT2D eigenvalue weighted by atomic mass is 19.1. The first-order valence-electron chi connectivity index (χ1n) is 10.0. The van der Waals surface area contributed by atoms with E-state index in [0.717, 1.165) is 25.9 Å². The molecule has 28 heavy (non-hydrogen) atoms. The molecule has 1 amide bonds. The monoisotopic (exact) mass is 385 g/mol. The number of halogens is 1. The molecular formula is C21H28FN5O. The Kier molecular flexibility index (Phi) is 6.44. The molecule has 0 spiro atoms. The number of nitrogens with one attached hydrogen (secondary N) is 1. The fourth-order valence-corrected chi connectivity index (χ4v) is 3.56. The number of fused-ring (bicyclic) bond motifs is 1. The quantitative estimate of drug-likeness (QED) is 0.745. The molecule has 0 saturated heterocycles. The van der Waals surface area contributed by atoms with Crippen LogP contribution >= 0.6 is 0 Å². The molecular weight excluding hydrogens is 357 g/mol. The van der Waals surface area contributed by atoms with Crippen LogP contribution < -0.4 is 15.1 Å². The summed E-state index contributed by atoms with van der Waals surface area (Å²) in [5.74, 6) is 0.948. The Bertz CT molecular complexity index is 824. The van der Waals surface area contributed by atoms with Gasteiger partial charge in [-0.1, -0.05) is 38.0 Å². The Labute approximate surface area is 165 Å². The Balaban J connectivity index is 2.07. The molecule has 0 fully saturated rings. The lowest BCUT2D eigenvalue weighted by Crippen LogP contribution is -2.48. The number of carbonyl (C=O) groups excluding carboxylic acids is 1. The molecule has 7 heteroatoms. The van der Waals surface area contributed by atoms with Crippen molar-refractivity contribution >= 4 is 23.2 Å². The highest BCUT2D eigenvalue weighted by Gasteiger charge is 2.36. The van der Waals surface area contributed by atoms with Crippen LogP contribution in [-0.2, 0) is 11.3 Å². The lowest BCUT2D eigenvalue weighted by molar-refractivity contribution is -0.119. The van der Waals surface area contributed by atoms with Gasteiger partial charge < -0.3 is 10.2 Å². The third kappa shape index (κ3) is 3.93. The van der Waals surface area contributed by atoms with Crippen molar-refractivity contribution in [3.8, 4) is 0 Å². The first-order valence-corrected chi connectivity index (χ1v) is 10.0. The van der Waals surface area contributed by atoms with E-state index in [1.807, 2.05) is 13.8 Å². The van der Waals surface area contributed by atoms with E-state index in [1.165, 1.54) is 12.4 Å². The van der Waals surface area contributed by atoms with Gasteiger partial charge in [0.25, 0.3) is 0 Å². The van der Waals surface area contributed by atoms with Crippen molar-refractivity contribution in [2.45, 2.75) is 52.6 Å². The number of nitrogens with zero attached hydrogens (tertiary/aromatic N) is 4. The number of hydrogen-bond donors (Lipinski definition) is 1. The summed E-state index contributed by atoms with van der Waals surface area (Å²) >= 11 is 0. The van der Waals surface area contributed by atoms with E-state index >= 15 is 0 Å². The highest BCUT2D eigenvalue weighted by molar-refractivity contribution is 6.06. The molecule has 3 rings (SSSR count). The standard InChI is InChI=1S/C21H28FN5O/c1-4-7-12-17-21(28)27(13-15-10-8-9-11-16(15)22)18-19(25-17)23-14-24-20(18)26(5-2)6-3/h8-11,14,17H,4-7,12-13H2,1-3H3,(H,23,24,25)/t17-/m0/s1. The van der Waals surface area contributed by atoms with Gasteiger partial charge in [-0.25, -0.2) is 14.4 Å². The van der Waals surface area contributed by atoms with E-state index in [0.29, 0.717) is 29.3 Å². The van der Waals surface area contributed by atoms with Crippen LogP contribution in [0.2, 0.25) is 0 Å². The minimum atomic E-state index is -0.362. The predicted molar refractivity (Wildman–Crippen MR) is 110 cm³/mol. The second-order valence-corrected chi connectivity index (χ2v) is 6.92. The summed E-state index contributed by atoms with van der Waals surface area (Å²) in [5, 5.41) is 3.29. The molecule has 1 N–H and O–H groups in total. The Morgan fingerprint density at radius 1 is 1.18 bits per heavy atom. The molecule has 150 valence electrons. The normalized spacial score (nSPS) is 15.9. The fourth-order valence-electron chi connectivity index (χ4n) is 3.56. The number of anilines is 3. The molecule has 0 radical (unpaired) electrons. The van der Waals surface area contributed by atoms with E-state index in [9.17, 15) is 9.18 Å². The Morgan fingerprint density at radius 2 is 1.93 bits per heavy atom. The van der Waals surface area contributed by atoms with Gasteiger partial charge in [0, 0.05) is 18.7 Å². The van der Waals surface area contributed by atoms with Gasteiger partial charge in [0.15, 0.2) is 11.6 Å². The van der Waals surface area contributed by atoms with Crippen LogP contribution in [-0.4, -0.2) is 35.0 Å². The van der Waals surface area contributed by atoms with Gasteiger partial charge in [0.05, 0.1) is 6.54 Å². The molecule has 1 aromatic heterocycles. The number of hydrogen-bond acceptors (Lipinski definition) is 5. The topological polar surface area (TPSA) is 61.4 Å². The molecule has 0 bridgehead atoms. The van der Waals surface area contributed by atoms with Crippen LogP contribution in [0.3, 0.4) is 0 Å². The van der Waals surface area contributed by atoms with Gasteiger partial charge in [-0.05, 0) is 26.3 Å². The summed E-state index contributed by atoms with van der Waals surface area (Å²) < 4.78 is 14.3. The van der Waals surface area contributed by atoms with Crippen LogP contribution in [0, 0.1) is 5.82 Å². The summed E-state index contributed by atoms with van der Waals surface area (Å²) in [6.45, 7) is 7.84. The molecule has 0 unspecified atom stereocenters. The number of rotatable bonds is 8. The molecule has 2 aromatic rings. The van der Waals surface area contributed by atoms with Crippen LogP contribution in [0.15, 0.2) is 30.6 Å². The van der Waals surface area contributed by atoms with Gasteiger partial charge in [0.1, 0.15) is 23.9 Å².